The molecule has 0 saturated carbocycles. The molecule has 12 heteroatoms. The fraction of sp³-hybridized carbons (Fsp3) is 0.471. The topological polar surface area (TPSA) is 110 Å². The predicted molar refractivity (Wildman–Crippen MR) is 93.2 cm³/mol. The monoisotopic (exact) mass is 413 g/mol. The molecule has 0 aromatic carbocycles. The van der Waals surface area contributed by atoms with Gasteiger partial charge >= 0.3 is 17.9 Å². The van der Waals surface area contributed by atoms with E-state index in [-0.39, 0.29) is 31.4 Å². The Hall–Kier alpha value is -3.18. The number of piperidine rings is 1. The number of aryl methyl sites for hydroxylation is 1. The van der Waals surface area contributed by atoms with E-state index in [2.05, 4.69) is 15.0 Å². The molecular weight excluding hydrogens is 395 g/mol. The first kappa shape index (κ1) is 20.6. The van der Waals surface area contributed by atoms with Crippen LogP contribution < -0.4 is 16.0 Å². The van der Waals surface area contributed by atoms with Crippen LogP contribution in [0.3, 0.4) is 0 Å². The van der Waals surface area contributed by atoms with E-state index in [9.17, 15) is 27.6 Å². The van der Waals surface area contributed by atoms with Crippen LogP contribution in [-0.4, -0.2) is 49.5 Å². The molecule has 9 nitrogen and oxygen atoms in total. The van der Waals surface area contributed by atoms with Crippen molar-refractivity contribution in [1.29, 1.82) is 0 Å². The molecule has 0 radical (unpaired) electrons. The Morgan fingerprint density at radius 1 is 1.31 bits per heavy atom. The standard InChI is InChI=1S/C17H18F3N5O4/c18-17(19,20)12-3-6-21-15(22-12)29-11-2-1-7-25(10-11)14(27)5-9-24-8-4-13(26)23-16(24)28/h3-4,6,8,11H,1-2,5,7,9-10H2,(H,23,26,28). The molecule has 29 heavy (non-hydrogen) atoms. The molecular formula is C17H18F3N5O4. The maximum Gasteiger partial charge on any atom is 0.433 e. The number of hydrogen-bond donors (Lipinski definition) is 1. The number of ether oxygens (including phenoxy) is 1. The van der Waals surface area contributed by atoms with Gasteiger partial charge in [0.2, 0.25) is 5.91 Å². The van der Waals surface area contributed by atoms with Crippen molar-refractivity contribution in [2.24, 2.45) is 0 Å². The van der Waals surface area contributed by atoms with Crippen molar-refractivity contribution < 1.29 is 22.7 Å². The van der Waals surface area contributed by atoms with Gasteiger partial charge in [-0.2, -0.15) is 18.2 Å². The van der Waals surface area contributed by atoms with Crippen molar-refractivity contribution >= 4 is 5.91 Å². The minimum Gasteiger partial charge on any atom is -0.458 e. The number of nitrogens with zero attached hydrogens (tertiary/aromatic N) is 4. The number of carbonyl (C=O) groups excluding carboxylic acids is 1. The van der Waals surface area contributed by atoms with Crippen LogP contribution in [0, 0.1) is 0 Å². The summed E-state index contributed by atoms with van der Waals surface area (Å²) in [6.07, 6.45) is -1.68. The van der Waals surface area contributed by atoms with Crippen LogP contribution in [0.5, 0.6) is 6.01 Å². The van der Waals surface area contributed by atoms with Crippen molar-refractivity contribution in [2.75, 3.05) is 13.1 Å². The Kier molecular flexibility index (Phi) is 5.99. The van der Waals surface area contributed by atoms with Crippen LogP contribution in [-0.2, 0) is 17.5 Å². The van der Waals surface area contributed by atoms with Crippen LogP contribution in [0.2, 0.25) is 0 Å². The van der Waals surface area contributed by atoms with Crippen LogP contribution in [0.25, 0.3) is 0 Å². The van der Waals surface area contributed by atoms with E-state index in [0.29, 0.717) is 19.4 Å². The third kappa shape index (κ3) is 5.42. The first-order valence-corrected chi connectivity index (χ1v) is 8.87. The summed E-state index contributed by atoms with van der Waals surface area (Å²) < 4.78 is 44.9. The lowest BCUT2D eigenvalue weighted by atomic mass is 10.1. The minimum absolute atomic E-state index is 0.0265. The lowest BCUT2D eigenvalue weighted by molar-refractivity contribution is -0.141. The summed E-state index contributed by atoms with van der Waals surface area (Å²) in [6.45, 7) is 0.745. The second-order valence-electron chi connectivity index (χ2n) is 6.50. The Labute approximate surface area is 162 Å². The quantitative estimate of drug-likeness (QED) is 0.777. The summed E-state index contributed by atoms with van der Waals surface area (Å²) in [5.41, 5.74) is -2.23. The van der Waals surface area contributed by atoms with Crippen molar-refractivity contribution in [3.8, 4) is 6.01 Å². The number of halogens is 3. The molecule has 1 amide bonds. The van der Waals surface area contributed by atoms with Crippen LogP contribution >= 0.6 is 0 Å². The average molecular weight is 413 g/mol. The van der Waals surface area contributed by atoms with Crippen molar-refractivity contribution in [1.82, 2.24) is 24.4 Å². The molecule has 1 saturated heterocycles. The molecule has 1 fully saturated rings. The molecule has 1 aliphatic heterocycles. The predicted octanol–water partition coefficient (Wildman–Crippen LogP) is 0.805. The second kappa shape index (κ2) is 8.45. The van der Waals surface area contributed by atoms with Gasteiger partial charge in [0.1, 0.15) is 6.10 Å². The van der Waals surface area contributed by atoms with Crippen molar-refractivity contribution in [3.63, 3.8) is 0 Å². The van der Waals surface area contributed by atoms with Crippen LogP contribution in [0.15, 0.2) is 34.1 Å². The largest absolute Gasteiger partial charge is 0.458 e. The van der Waals surface area contributed by atoms with Crippen LogP contribution in [0.1, 0.15) is 25.0 Å². The van der Waals surface area contributed by atoms with Gasteiger partial charge in [0.25, 0.3) is 5.56 Å². The van der Waals surface area contributed by atoms with Gasteiger partial charge in [-0.15, -0.1) is 0 Å². The fourth-order valence-corrected chi connectivity index (χ4v) is 2.96. The van der Waals surface area contributed by atoms with E-state index < -0.39 is 29.2 Å². The van der Waals surface area contributed by atoms with E-state index in [4.69, 9.17) is 4.74 Å². The van der Waals surface area contributed by atoms with Crippen molar-refractivity contribution in [3.05, 3.63) is 51.1 Å². The lowest BCUT2D eigenvalue weighted by Gasteiger charge is -2.32. The molecule has 3 rings (SSSR count). The zero-order chi connectivity index (χ0) is 21.0. The molecule has 0 spiro atoms. The first-order chi connectivity index (χ1) is 13.7. The summed E-state index contributed by atoms with van der Waals surface area (Å²) >= 11 is 0. The number of amides is 1. The highest BCUT2D eigenvalue weighted by Crippen LogP contribution is 2.28. The first-order valence-electron chi connectivity index (χ1n) is 8.87. The molecule has 1 aliphatic rings. The van der Waals surface area contributed by atoms with Gasteiger partial charge < -0.3 is 14.2 Å². The summed E-state index contributed by atoms with van der Waals surface area (Å²) in [5.74, 6) is -0.235. The number of H-pyrrole nitrogens is 1. The summed E-state index contributed by atoms with van der Waals surface area (Å²) in [6, 6.07) is 1.55. The maximum atomic E-state index is 12.7. The van der Waals surface area contributed by atoms with E-state index in [1.807, 2.05) is 0 Å². The Morgan fingerprint density at radius 3 is 2.83 bits per heavy atom. The second-order valence-corrected chi connectivity index (χ2v) is 6.50. The molecule has 156 valence electrons. The third-order valence-corrected chi connectivity index (χ3v) is 4.39. The molecule has 1 unspecified atom stereocenters. The van der Waals surface area contributed by atoms with Gasteiger partial charge in [0.05, 0.1) is 6.54 Å². The molecule has 2 aromatic rings. The third-order valence-electron chi connectivity index (χ3n) is 4.39. The summed E-state index contributed by atoms with van der Waals surface area (Å²) in [7, 11) is 0. The molecule has 1 atom stereocenters. The number of carbonyl (C=O) groups is 1. The zero-order valence-corrected chi connectivity index (χ0v) is 15.2. The molecule has 0 bridgehead atoms. The number of hydrogen-bond acceptors (Lipinski definition) is 6. The normalized spacial score (nSPS) is 17.2. The lowest BCUT2D eigenvalue weighted by Crippen LogP contribution is -2.45. The molecule has 3 heterocycles. The van der Waals surface area contributed by atoms with E-state index in [1.165, 1.54) is 21.7 Å². The van der Waals surface area contributed by atoms with E-state index in [0.717, 1.165) is 12.3 Å². The number of alkyl halides is 3. The van der Waals surface area contributed by atoms with Gasteiger partial charge in [-0.25, -0.2) is 9.78 Å². The molecule has 0 aliphatic carbocycles. The van der Waals surface area contributed by atoms with E-state index >= 15 is 0 Å². The van der Waals surface area contributed by atoms with Crippen LogP contribution in [0.4, 0.5) is 13.2 Å². The van der Waals surface area contributed by atoms with E-state index in [1.54, 1.807) is 0 Å². The summed E-state index contributed by atoms with van der Waals surface area (Å²) in [5, 5.41) is 0. The number of likely N-dealkylation sites (tertiary alicyclic amines) is 1. The zero-order valence-electron chi connectivity index (χ0n) is 15.2. The summed E-state index contributed by atoms with van der Waals surface area (Å²) in [4.78, 5) is 45.9. The fourth-order valence-electron chi connectivity index (χ4n) is 2.96. The number of nitrogens with one attached hydrogen (secondary N) is 1. The molecule has 1 N–H and O–H groups in total. The van der Waals surface area contributed by atoms with Gasteiger partial charge in [0.15, 0.2) is 5.69 Å². The average Bonchev–Trinajstić information content (AvgIpc) is 2.67. The highest BCUT2D eigenvalue weighted by molar-refractivity contribution is 5.76. The van der Waals surface area contributed by atoms with Crippen molar-refractivity contribution in [2.45, 2.75) is 38.1 Å². The highest BCUT2D eigenvalue weighted by Gasteiger charge is 2.33. The van der Waals surface area contributed by atoms with Gasteiger partial charge in [0, 0.05) is 38.0 Å². The Bertz CT molecular complexity index is 988. The number of aromatic amines is 1. The Balaban J connectivity index is 1.58. The maximum absolute atomic E-state index is 12.7. The van der Waals surface area contributed by atoms with Gasteiger partial charge in [-0.05, 0) is 18.9 Å². The Morgan fingerprint density at radius 2 is 2.10 bits per heavy atom. The van der Waals surface area contributed by atoms with Gasteiger partial charge in [-0.1, -0.05) is 0 Å². The number of aromatic nitrogens is 4. The van der Waals surface area contributed by atoms with Gasteiger partial charge in [-0.3, -0.25) is 14.6 Å². The smallest absolute Gasteiger partial charge is 0.433 e. The minimum atomic E-state index is -4.60. The molecule has 2 aromatic heterocycles. The number of rotatable bonds is 5. The SMILES string of the molecule is O=C(CCn1ccc(=O)[nH]c1=O)N1CCCC(Oc2nccc(C(F)(F)F)n2)C1. The highest BCUT2D eigenvalue weighted by atomic mass is 19.4.